The van der Waals surface area contributed by atoms with Crippen molar-refractivity contribution in [2.75, 3.05) is 0 Å². The summed E-state index contributed by atoms with van der Waals surface area (Å²) in [6, 6.07) is 16.6. The number of rotatable bonds is 3. The Hall–Kier alpha value is -3.80. The van der Waals surface area contributed by atoms with Gasteiger partial charge in [-0.05, 0) is 23.3 Å². The van der Waals surface area contributed by atoms with E-state index in [4.69, 9.17) is 10.1 Å². The maximum Gasteiger partial charge on any atom is 0.573 e. The van der Waals surface area contributed by atoms with E-state index >= 15 is 0 Å². The third-order valence-corrected chi connectivity index (χ3v) is 4.58. The minimum absolute atomic E-state index is 0.168. The predicted molar refractivity (Wildman–Crippen MR) is 96.4 cm³/mol. The van der Waals surface area contributed by atoms with Gasteiger partial charge in [0.2, 0.25) is 11.8 Å². The number of halogens is 3. The summed E-state index contributed by atoms with van der Waals surface area (Å²) >= 11 is 0. The fraction of sp³-hybridized carbons (Fsp3) is 0.150. The Morgan fingerprint density at radius 3 is 2.41 bits per heavy atom. The van der Waals surface area contributed by atoms with Gasteiger partial charge in [-0.2, -0.15) is 5.26 Å². The summed E-state index contributed by atoms with van der Waals surface area (Å²) in [4.78, 5) is 0. The van der Waals surface area contributed by atoms with E-state index in [1.165, 1.54) is 24.3 Å². The number of hydrogen-bond acceptors (Lipinski definition) is 5. The maximum atomic E-state index is 12.4. The fourth-order valence-corrected chi connectivity index (χ4v) is 3.38. The second-order valence-electron chi connectivity index (χ2n) is 6.35. The zero-order valence-corrected chi connectivity index (χ0v) is 14.7. The third-order valence-electron chi connectivity index (χ3n) is 4.58. The minimum Gasteiger partial charge on any atom is -0.422 e. The van der Waals surface area contributed by atoms with Crippen LogP contribution >= 0.6 is 0 Å². The second-order valence-corrected chi connectivity index (χ2v) is 6.35. The number of aromatic nitrogens is 2. The minimum atomic E-state index is -4.80. The molecule has 2 N–H and O–H groups in total. The molecule has 0 bridgehead atoms. The van der Waals surface area contributed by atoms with Crippen molar-refractivity contribution in [3.05, 3.63) is 65.7 Å². The van der Waals surface area contributed by atoms with Gasteiger partial charge >= 0.3 is 6.36 Å². The lowest BCUT2D eigenvalue weighted by atomic mass is 9.79. The van der Waals surface area contributed by atoms with E-state index in [1.54, 1.807) is 0 Å². The smallest absolute Gasteiger partial charge is 0.422 e. The van der Waals surface area contributed by atoms with Gasteiger partial charge in [0, 0.05) is 5.92 Å². The SMILES string of the molecule is N#CC1C(=N)Oc2n[nH]c(-c3ccccc3)c2C1c1ccc(OC(F)(F)F)cc1. The Kier molecular flexibility index (Phi) is 4.47. The number of nitrogens with one attached hydrogen (secondary N) is 2. The molecular formula is C20H13F3N4O2. The largest absolute Gasteiger partial charge is 0.573 e. The molecule has 2 heterocycles. The van der Waals surface area contributed by atoms with Crippen LogP contribution in [-0.2, 0) is 0 Å². The molecule has 0 fully saturated rings. The van der Waals surface area contributed by atoms with Crippen molar-refractivity contribution >= 4 is 5.90 Å². The average Bonchev–Trinajstić information content (AvgIpc) is 3.10. The Morgan fingerprint density at radius 2 is 1.79 bits per heavy atom. The standard InChI is InChI=1S/C20H13F3N4O2/c21-20(22,23)29-13-8-6-11(7-9-13)15-14(10-24)18(25)28-19-16(15)17(26-27-19)12-4-2-1-3-5-12/h1-9,14-15,25H,(H,26,27). The summed E-state index contributed by atoms with van der Waals surface area (Å²) in [7, 11) is 0. The molecule has 9 heteroatoms. The number of nitriles is 1. The molecule has 0 radical (unpaired) electrons. The van der Waals surface area contributed by atoms with Gasteiger partial charge in [-0.25, -0.2) is 0 Å². The second kappa shape index (κ2) is 6.98. The molecule has 2 aromatic carbocycles. The van der Waals surface area contributed by atoms with Crippen LogP contribution in [0.25, 0.3) is 11.3 Å². The average molecular weight is 398 g/mol. The predicted octanol–water partition coefficient (Wildman–Crippen LogP) is 4.62. The Morgan fingerprint density at radius 1 is 1.10 bits per heavy atom. The summed E-state index contributed by atoms with van der Waals surface area (Å²) in [5.41, 5.74) is 2.54. The number of benzene rings is 2. The topological polar surface area (TPSA) is 94.8 Å². The molecule has 6 nitrogen and oxygen atoms in total. The van der Waals surface area contributed by atoms with E-state index < -0.39 is 18.2 Å². The van der Waals surface area contributed by atoms with Crippen LogP contribution in [0.4, 0.5) is 13.2 Å². The fourth-order valence-electron chi connectivity index (χ4n) is 3.38. The molecular weight excluding hydrogens is 385 g/mol. The van der Waals surface area contributed by atoms with Gasteiger partial charge in [-0.1, -0.05) is 42.5 Å². The molecule has 0 saturated heterocycles. The molecule has 1 aliphatic rings. The maximum absolute atomic E-state index is 12.4. The molecule has 1 aromatic heterocycles. The van der Waals surface area contributed by atoms with Crippen LogP contribution in [0.5, 0.6) is 11.6 Å². The van der Waals surface area contributed by atoms with E-state index in [1.807, 2.05) is 30.3 Å². The number of alkyl halides is 3. The van der Waals surface area contributed by atoms with Crippen LogP contribution in [0.2, 0.25) is 0 Å². The number of ether oxygens (including phenoxy) is 2. The van der Waals surface area contributed by atoms with Gasteiger partial charge in [0.15, 0.2) is 0 Å². The molecule has 1 aliphatic heterocycles. The summed E-state index contributed by atoms with van der Waals surface area (Å²) < 4.78 is 46.7. The number of hydrogen-bond donors (Lipinski definition) is 2. The molecule has 29 heavy (non-hydrogen) atoms. The molecule has 3 aromatic rings. The van der Waals surface area contributed by atoms with Crippen LogP contribution < -0.4 is 9.47 Å². The van der Waals surface area contributed by atoms with E-state index in [0.717, 1.165) is 5.56 Å². The van der Waals surface area contributed by atoms with Crippen molar-refractivity contribution in [1.29, 1.82) is 10.7 Å². The van der Waals surface area contributed by atoms with Crippen LogP contribution in [0.3, 0.4) is 0 Å². The molecule has 0 aliphatic carbocycles. The molecule has 2 atom stereocenters. The Bertz CT molecular complexity index is 1090. The van der Waals surface area contributed by atoms with Crippen molar-refractivity contribution < 1.29 is 22.6 Å². The zero-order valence-electron chi connectivity index (χ0n) is 14.7. The van der Waals surface area contributed by atoms with Crippen molar-refractivity contribution in [1.82, 2.24) is 10.2 Å². The summed E-state index contributed by atoms with van der Waals surface area (Å²) in [5, 5.41) is 24.7. The van der Waals surface area contributed by atoms with Gasteiger partial charge in [-0.3, -0.25) is 10.5 Å². The summed E-state index contributed by atoms with van der Waals surface area (Å²) in [6.45, 7) is 0. The van der Waals surface area contributed by atoms with Crippen molar-refractivity contribution in [3.63, 3.8) is 0 Å². The molecule has 0 saturated carbocycles. The van der Waals surface area contributed by atoms with Crippen LogP contribution in [0.1, 0.15) is 17.0 Å². The van der Waals surface area contributed by atoms with Gasteiger partial charge < -0.3 is 9.47 Å². The van der Waals surface area contributed by atoms with Gasteiger partial charge in [0.1, 0.15) is 11.7 Å². The quantitative estimate of drug-likeness (QED) is 0.673. The van der Waals surface area contributed by atoms with Gasteiger partial charge in [0.05, 0.1) is 17.3 Å². The first kappa shape index (κ1) is 18.6. The summed E-state index contributed by atoms with van der Waals surface area (Å²) in [5.74, 6) is -2.08. The number of H-pyrrole nitrogens is 1. The summed E-state index contributed by atoms with van der Waals surface area (Å²) in [6.07, 6.45) is -4.80. The lowest BCUT2D eigenvalue weighted by Crippen LogP contribution is -2.30. The first-order chi connectivity index (χ1) is 13.9. The first-order valence-electron chi connectivity index (χ1n) is 8.52. The highest BCUT2D eigenvalue weighted by atomic mass is 19.4. The van der Waals surface area contributed by atoms with Crippen LogP contribution in [-0.4, -0.2) is 22.5 Å². The monoisotopic (exact) mass is 398 g/mol. The van der Waals surface area contributed by atoms with Gasteiger partial charge in [0.25, 0.3) is 0 Å². The van der Waals surface area contributed by atoms with Crippen molar-refractivity contribution in [3.8, 4) is 29.0 Å². The first-order valence-corrected chi connectivity index (χ1v) is 8.52. The van der Waals surface area contributed by atoms with E-state index in [9.17, 15) is 18.4 Å². The van der Waals surface area contributed by atoms with E-state index in [0.29, 0.717) is 16.8 Å². The van der Waals surface area contributed by atoms with Crippen LogP contribution in [0.15, 0.2) is 54.6 Å². The third kappa shape index (κ3) is 3.52. The molecule has 0 spiro atoms. The molecule has 4 rings (SSSR count). The number of nitrogens with zero attached hydrogens (tertiary/aromatic N) is 2. The molecule has 146 valence electrons. The van der Waals surface area contributed by atoms with Crippen LogP contribution in [0, 0.1) is 22.7 Å². The highest BCUT2D eigenvalue weighted by Gasteiger charge is 2.41. The molecule has 0 amide bonds. The number of aromatic amines is 1. The van der Waals surface area contributed by atoms with E-state index in [2.05, 4.69) is 21.0 Å². The van der Waals surface area contributed by atoms with Gasteiger partial charge in [-0.15, -0.1) is 18.3 Å². The highest BCUT2D eigenvalue weighted by Crippen LogP contribution is 2.45. The molecule has 2 unspecified atom stereocenters. The normalized spacial score (nSPS) is 18.5. The Labute approximate surface area is 163 Å². The Balaban J connectivity index is 1.81. The van der Waals surface area contributed by atoms with E-state index in [-0.39, 0.29) is 17.5 Å². The van der Waals surface area contributed by atoms with Crippen molar-refractivity contribution in [2.24, 2.45) is 5.92 Å². The highest BCUT2D eigenvalue weighted by molar-refractivity contribution is 5.86. The lowest BCUT2D eigenvalue weighted by Gasteiger charge is -2.28. The lowest BCUT2D eigenvalue weighted by molar-refractivity contribution is -0.274. The van der Waals surface area contributed by atoms with Crippen molar-refractivity contribution in [2.45, 2.75) is 12.3 Å². The zero-order chi connectivity index (χ0) is 20.6. The number of fused-ring (bicyclic) bond motifs is 1.